The first-order chi connectivity index (χ1) is 7.61. The number of hydrogen-bond donors (Lipinski definition) is 1. The first-order valence-electron chi connectivity index (χ1n) is 4.70. The fourth-order valence-electron chi connectivity index (χ4n) is 1.64. The average molecular weight is 233 g/mol. The van der Waals surface area contributed by atoms with Gasteiger partial charge in [-0.3, -0.25) is 0 Å². The maximum Gasteiger partial charge on any atom is 0.387 e. The van der Waals surface area contributed by atoms with Crippen LogP contribution in [0.3, 0.4) is 0 Å². The predicted octanol–water partition coefficient (Wildman–Crippen LogP) is 2.08. The third-order valence-electron chi connectivity index (χ3n) is 2.41. The maximum absolute atomic E-state index is 13.4. The highest BCUT2D eigenvalue weighted by Crippen LogP contribution is 2.37. The standard InChI is InChI=1S/C10H10F3NO2/c1-14-7-4-15-8-3-9(16-10(12)13)6(11)2-5(7)8/h2-3,7,10,14H,4H2,1H3/t7-/m1/s1. The molecule has 3 nitrogen and oxygen atoms in total. The summed E-state index contributed by atoms with van der Waals surface area (Å²) in [7, 11) is 1.71. The number of benzene rings is 1. The Morgan fingerprint density at radius 2 is 2.25 bits per heavy atom. The second-order valence-electron chi connectivity index (χ2n) is 3.35. The summed E-state index contributed by atoms with van der Waals surface area (Å²) in [4.78, 5) is 0. The van der Waals surface area contributed by atoms with Gasteiger partial charge in [0.15, 0.2) is 11.6 Å². The molecule has 1 aliphatic rings. The number of rotatable bonds is 3. The van der Waals surface area contributed by atoms with Crippen molar-refractivity contribution in [3.05, 3.63) is 23.5 Å². The van der Waals surface area contributed by atoms with Crippen LogP contribution in [-0.4, -0.2) is 20.3 Å². The van der Waals surface area contributed by atoms with Crippen molar-refractivity contribution in [1.82, 2.24) is 5.32 Å². The molecule has 0 spiro atoms. The highest BCUT2D eigenvalue weighted by Gasteiger charge is 2.25. The van der Waals surface area contributed by atoms with Crippen molar-refractivity contribution in [2.45, 2.75) is 12.7 Å². The summed E-state index contributed by atoms with van der Waals surface area (Å²) in [5.41, 5.74) is 0.613. The molecule has 0 saturated heterocycles. The van der Waals surface area contributed by atoms with Gasteiger partial charge in [0.2, 0.25) is 0 Å². The van der Waals surface area contributed by atoms with E-state index < -0.39 is 18.2 Å². The predicted molar refractivity (Wildman–Crippen MR) is 50.3 cm³/mol. The van der Waals surface area contributed by atoms with Crippen LogP contribution in [0.25, 0.3) is 0 Å². The minimum Gasteiger partial charge on any atom is -0.491 e. The highest BCUT2D eigenvalue weighted by atomic mass is 19.3. The Hall–Kier alpha value is -1.43. The highest BCUT2D eigenvalue weighted by molar-refractivity contribution is 5.45. The van der Waals surface area contributed by atoms with Gasteiger partial charge in [-0.2, -0.15) is 8.78 Å². The quantitative estimate of drug-likeness (QED) is 0.867. The lowest BCUT2D eigenvalue weighted by molar-refractivity contribution is -0.0522. The Bertz CT molecular complexity index is 398. The number of nitrogens with one attached hydrogen (secondary N) is 1. The SMILES string of the molecule is CN[C@@H]1COc2cc(OC(F)F)c(F)cc21. The summed E-state index contributed by atoms with van der Waals surface area (Å²) in [6.07, 6.45) is 0. The molecule has 1 aromatic carbocycles. The molecule has 0 bridgehead atoms. The Labute approximate surface area is 90.2 Å². The molecule has 6 heteroatoms. The van der Waals surface area contributed by atoms with Crippen LogP contribution in [0, 0.1) is 5.82 Å². The fraction of sp³-hybridized carbons (Fsp3) is 0.400. The molecule has 0 radical (unpaired) electrons. The molecule has 16 heavy (non-hydrogen) atoms. The maximum atomic E-state index is 13.4. The zero-order valence-corrected chi connectivity index (χ0v) is 8.47. The molecular formula is C10H10F3NO2. The van der Waals surface area contributed by atoms with E-state index in [0.29, 0.717) is 17.9 Å². The molecular weight excluding hydrogens is 223 g/mol. The van der Waals surface area contributed by atoms with E-state index in [2.05, 4.69) is 10.1 Å². The lowest BCUT2D eigenvalue weighted by Gasteiger charge is -2.09. The van der Waals surface area contributed by atoms with Gasteiger partial charge >= 0.3 is 6.61 Å². The first kappa shape index (κ1) is 11.1. The van der Waals surface area contributed by atoms with Crippen molar-refractivity contribution in [3.63, 3.8) is 0 Å². The molecule has 0 aromatic heterocycles. The van der Waals surface area contributed by atoms with Crippen LogP contribution in [0.5, 0.6) is 11.5 Å². The Morgan fingerprint density at radius 3 is 2.88 bits per heavy atom. The van der Waals surface area contributed by atoms with E-state index in [0.717, 1.165) is 12.1 Å². The lowest BCUT2D eigenvalue weighted by atomic mass is 10.1. The van der Waals surface area contributed by atoms with Crippen LogP contribution in [0.15, 0.2) is 12.1 Å². The minimum atomic E-state index is -3.05. The molecule has 1 aliphatic heterocycles. The van der Waals surface area contributed by atoms with Crippen LogP contribution in [-0.2, 0) is 0 Å². The molecule has 0 saturated carbocycles. The molecule has 88 valence electrons. The normalized spacial score (nSPS) is 18.4. The van der Waals surface area contributed by atoms with Crippen LogP contribution >= 0.6 is 0 Å². The molecule has 0 amide bonds. The van der Waals surface area contributed by atoms with Crippen LogP contribution in [0.4, 0.5) is 13.2 Å². The van der Waals surface area contributed by atoms with Gasteiger partial charge in [0.05, 0.1) is 6.04 Å². The monoisotopic (exact) mass is 233 g/mol. The summed E-state index contributed by atoms with van der Waals surface area (Å²) in [6.45, 7) is -2.70. The minimum absolute atomic E-state index is 0.120. The lowest BCUT2D eigenvalue weighted by Crippen LogP contribution is -2.17. The van der Waals surface area contributed by atoms with E-state index in [1.54, 1.807) is 7.05 Å². The number of ether oxygens (including phenoxy) is 2. The van der Waals surface area contributed by atoms with Gasteiger partial charge in [-0.15, -0.1) is 0 Å². The van der Waals surface area contributed by atoms with Crippen LogP contribution in [0.2, 0.25) is 0 Å². The third kappa shape index (κ3) is 1.92. The van der Waals surface area contributed by atoms with Gasteiger partial charge in [-0.1, -0.05) is 0 Å². The Morgan fingerprint density at radius 1 is 1.50 bits per heavy atom. The zero-order chi connectivity index (χ0) is 11.7. The van der Waals surface area contributed by atoms with Crippen molar-refractivity contribution >= 4 is 0 Å². The van der Waals surface area contributed by atoms with Crippen LogP contribution in [0.1, 0.15) is 11.6 Å². The second-order valence-corrected chi connectivity index (χ2v) is 3.35. The van der Waals surface area contributed by atoms with E-state index >= 15 is 0 Å². The van der Waals surface area contributed by atoms with Gasteiger partial charge in [0.1, 0.15) is 12.4 Å². The van der Waals surface area contributed by atoms with Crippen molar-refractivity contribution < 1.29 is 22.6 Å². The summed E-state index contributed by atoms with van der Waals surface area (Å²) in [5, 5.41) is 2.93. The number of alkyl halides is 2. The van der Waals surface area contributed by atoms with Crippen molar-refractivity contribution in [3.8, 4) is 11.5 Å². The third-order valence-corrected chi connectivity index (χ3v) is 2.41. The van der Waals surface area contributed by atoms with E-state index in [9.17, 15) is 13.2 Å². The number of fused-ring (bicyclic) bond motifs is 1. The average Bonchev–Trinajstić information content (AvgIpc) is 2.60. The molecule has 1 atom stereocenters. The molecule has 1 heterocycles. The summed E-state index contributed by atoms with van der Waals surface area (Å²) >= 11 is 0. The van der Waals surface area contributed by atoms with Crippen molar-refractivity contribution in [1.29, 1.82) is 0 Å². The second kappa shape index (κ2) is 4.21. The van der Waals surface area contributed by atoms with E-state index in [-0.39, 0.29) is 6.04 Å². The molecule has 2 rings (SSSR count). The molecule has 1 aromatic rings. The first-order valence-corrected chi connectivity index (χ1v) is 4.70. The van der Waals surface area contributed by atoms with Crippen molar-refractivity contribution in [2.24, 2.45) is 0 Å². The van der Waals surface area contributed by atoms with Gasteiger partial charge < -0.3 is 14.8 Å². The number of halogens is 3. The van der Waals surface area contributed by atoms with Crippen molar-refractivity contribution in [2.75, 3.05) is 13.7 Å². The Kier molecular flexibility index (Phi) is 2.91. The zero-order valence-electron chi connectivity index (χ0n) is 8.47. The fourth-order valence-corrected chi connectivity index (χ4v) is 1.64. The van der Waals surface area contributed by atoms with E-state index in [1.165, 1.54) is 0 Å². The topological polar surface area (TPSA) is 30.5 Å². The largest absolute Gasteiger partial charge is 0.491 e. The molecule has 0 aliphatic carbocycles. The van der Waals surface area contributed by atoms with E-state index in [4.69, 9.17) is 4.74 Å². The summed E-state index contributed by atoms with van der Waals surface area (Å²) < 4.78 is 46.5. The molecule has 1 N–H and O–H groups in total. The number of likely N-dealkylation sites (N-methyl/N-ethyl adjacent to an activating group) is 1. The number of hydrogen-bond acceptors (Lipinski definition) is 3. The van der Waals surface area contributed by atoms with Gasteiger partial charge in [0, 0.05) is 11.6 Å². The molecule has 0 unspecified atom stereocenters. The van der Waals surface area contributed by atoms with Gasteiger partial charge in [0.25, 0.3) is 0 Å². The Balaban J connectivity index is 2.33. The smallest absolute Gasteiger partial charge is 0.387 e. The van der Waals surface area contributed by atoms with Crippen LogP contribution < -0.4 is 14.8 Å². The summed E-state index contributed by atoms with van der Waals surface area (Å²) in [5.74, 6) is -0.938. The molecule has 0 fully saturated rings. The summed E-state index contributed by atoms with van der Waals surface area (Å²) in [6, 6.07) is 2.18. The van der Waals surface area contributed by atoms with Gasteiger partial charge in [-0.25, -0.2) is 4.39 Å². The van der Waals surface area contributed by atoms with E-state index in [1.807, 2.05) is 0 Å². The van der Waals surface area contributed by atoms with Gasteiger partial charge in [-0.05, 0) is 13.1 Å².